The van der Waals surface area contributed by atoms with E-state index < -0.39 is 0 Å². The van der Waals surface area contributed by atoms with Gasteiger partial charge in [-0.1, -0.05) is 48.5 Å². The van der Waals surface area contributed by atoms with Gasteiger partial charge in [0.25, 0.3) is 0 Å². The second kappa shape index (κ2) is 10.1. The number of piperidine rings is 1. The number of benzene rings is 3. The molecule has 0 bridgehead atoms. The zero-order valence-electron chi connectivity index (χ0n) is 19.9. The van der Waals surface area contributed by atoms with Crippen LogP contribution >= 0.6 is 0 Å². The molecule has 0 aliphatic carbocycles. The summed E-state index contributed by atoms with van der Waals surface area (Å²) in [5.41, 5.74) is 4.91. The number of ether oxygens (including phenoxy) is 3. The number of fused-ring (bicyclic) bond motifs is 1. The van der Waals surface area contributed by atoms with Crippen molar-refractivity contribution in [3.05, 3.63) is 89.5 Å². The Labute approximate surface area is 201 Å². The Bertz CT molecular complexity index is 1070. The van der Waals surface area contributed by atoms with Crippen LogP contribution in [-0.2, 0) is 9.47 Å². The zero-order valence-corrected chi connectivity index (χ0v) is 19.9. The highest BCUT2D eigenvalue weighted by atomic mass is 16.7. The minimum Gasteiger partial charge on any atom is -0.508 e. The summed E-state index contributed by atoms with van der Waals surface area (Å²) >= 11 is 0. The Balaban J connectivity index is 1.40. The van der Waals surface area contributed by atoms with Crippen LogP contribution in [0.2, 0.25) is 0 Å². The summed E-state index contributed by atoms with van der Waals surface area (Å²) in [4.78, 5) is 2.45. The Morgan fingerprint density at radius 2 is 1.59 bits per heavy atom. The number of aromatic hydroxyl groups is 1. The lowest BCUT2D eigenvalue weighted by Crippen LogP contribution is -2.39. The summed E-state index contributed by atoms with van der Waals surface area (Å²) < 4.78 is 17.1. The van der Waals surface area contributed by atoms with Gasteiger partial charge < -0.3 is 24.2 Å². The van der Waals surface area contributed by atoms with Crippen molar-refractivity contribution in [2.75, 3.05) is 38.8 Å². The van der Waals surface area contributed by atoms with Gasteiger partial charge in [0.1, 0.15) is 11.5 Å². The second-order valence-electron chi connectivity index (χ2n) is 9.28. The Morgan fingerprint density at radius 1 is 0.882 bits per heavy atom. The number of hydrogen-bond donors (Lipinski definition) is 1. The molecule has 178 valence electrons. The van der Waals surface area contributed by atoms with E-state index in [0.29, 0.717) is 12.5 Å². The lowest BCUT2D eigenvalue weighted by molar-refractivity contribution is -0.141. The standard InChI is InChI=1S/C29H33NO4/c1-32-29(33-2)22-14-16-30(17-15-22)23-10-8-21(9-11-23)28-25-13-12-24(31)18-27(25)34-19-26(28)20-6-4-3-5-7-20/h3-13,18,22,26,28-29,31H,14-17,19H2,1-2H3. The number of anilines is 1. The molecule has 2 atom stereocenters. The second-order valence-corrected chi connectivity index (χ2v) is 9.28. The molecule has 2 unspecified atom stereocenters. The molecule has 2 aliphatic heterocycles. The number of rotatable bonds is 6. The van der Waals surface area contributed by atoms with Gasteiger partial charge in [-0.15, -0.1) is 0 Å². The van der Waals surface area contributed by atoms with E-state index in [2.05, 4.69) is 53.4 Å². The molecule has 2 aliphatic rings. The first kappa shape index (κ1) is 22.8. The maximum absolute atomic E-state index is 9.99. The van der Waals surface area contributed by atoms with Crippen LogP contribution < -0.4 is 9.64 Å². The highest BCUT2D eigenvalue weighted by Crippen LogP contribution is 2.47. The minimum absolute atomic E-state index is 0.118. The molecule has 3 aromatic rings. The van der Waals surface area contributed by atoms with E-state index in [-0.39, 0.29) is 23.9 Å². The molecule has 5 nitrogen and oxygen atoms in total. The van der Waals surface area contributed by atoms with E-state index in [9.17, 15) is 5.11 Å². The van der Waals surface area contributed by atoms with Crippen LogP contribution in [0.3, 0.4) is 0 Å². The van der Waals surface area contributed by atoms with Crippen LogP contribution in [0, 0.1) is 5.92 Å². The SMILES string of the molecule is COC(OC)C1CCN(c2ccc(C3c4ccc(O)cc4OCC3c3ccccc3)cc2)CC1. The van der Waals surface area contributed by atoms with Crippen molar-refractivity contribution in [2.24, 2.45) is 5.92 Å². The van der Waals surface area contributed by atoms with Crippen molar-refractivity contribution >= 4 is 5.69 Å². The van der Waals surface area contributed by atoms with E-state index in [1.165, 1.54) is 16.8 Å². The Hall–Kier alpha value is -3.02. The topological polar surface area (TPSA) is 51.2 Å². The lowest BCUT2D eigenvalue weighted by Gasteiger charge is -2.37. The molecule has 1 fully saturated rings. The minimum atomic E-state index is -0.118. The van der Waals surface area contributed by atoms with E-state index in [1.54, 1.807) is 26.4 Å². The maximum atomic E-state index is 9.99. The van der Waals surface area contributed by atoms with Gasteiger partial charge in [-0.25, -0.2) is 0 Å². The molecule has 0 amide bonds. The van der Waals surface area contributed by atoms with E-state index >= 15 is 0 Å². The van der Waals surface area contributed by atoms with Crippen LogP contribution in [0.5, 0.6) is 11.5 Å². The molecule has 5 heteroatoms. The number of methoxy groups -OCH3 is 2. The summed E-state index contributed by atoms with van der Waals surface area (Å²) in [7, 11) is 3.44. The lowest BCUT2D eigenvalue weighted by atomic mass is 9.76. The van der Waals surface area contributed by atoms with Gasteiger partial charge in [0.15, 0.2) is 6.29 Å². The van der Waals surface area contributed by atoms with Gasteiger partial charge in [0.2, 0.25) is 0 Å². The molecule has 0 spiro atoms. The van der Waals surface area contributed by atoms with Crippen molar-refractivity contribution in [3.8, 4) is 11.5 Å². The van der Waals surface area contributed by atoms with Gasteiger partial charge in [-0.2, -0.15) is 0 Å². The quantitative estimate of drug-likeness (QED) is 0.491. The molecular formula is C29H33NO4. The van der Waals surface area contributed by atoms with E-state index in [1.807, 2.05) is 12.1 Å². The molecule has 1 saturated heterocycles. The molecular weight excluding hydrogens is 426 g/mol. The average Bonchev–Trinajstić information content (AvgIpc) is 2.90. The van der Waals surface area contributed by atoms with Gasteiger partial charge >= 0.3 is 0 Å². The highest BCUT2D eigenvalue weighted by molar-refractivity contribution is 5.54. The summed E-state index contributed by atoms with van der Waals surface area (Å²) in [6.45, 7) is 2.58. The van der Waals surface area contributed by atoms with E-state index in [0.717, 1.165) is 37.2 Å². The van der Waals surface area contributed by atoms with Crippen molar-refractivity contribution in [1.29, 1.82) is 0 Å². The zero-order chi connectivity index (χ0) is 23.5. The van der Waals surface area contributed by atoms with Crippen LogP contribution in [0.4, 0.5) is 5.69 Å². The summed E-state index contributed by atoms with van der Waals surface area (Å²) in [5.74, 6) is 1.82. The molecule has 1 N–H and O–H groups in total. The van der Waals surface area contributed by atoms with Crippen LogP contribution in [-0.4, -0.2) is 45.3 Å². The number of nitrogens with zero attached hydrogens (tertiary/aromatic N) is 1. The van der Waals surface area contributed by atoms with Crippen molar-refractivity contribution in [1.82, 2.24) is 0 Å². The van der Waals surface area contributed by atoms with Gasteiger partial charge in [-0.3, -0.25) is 0 Å². The fourth-order valence-corrected chi connectivity index (χ4v) is 5.60. The third-order valence-corrected chi connectivity index (χ3v) is 7.39. The van der Waals surface area contributed by atoms with Crippen molar-refractivity contribution < 1.29 is 19.3 Å². The molecule has 3 aromatic carbocycles. The number of phenolic OH excluding ortho intramolecular Hbond substituents is 1. The smallest absolute Gasteiger partial charge is 0.159 e. The number of phenols is 1. The predicted octanol–water partition coefficient (Wildman–Crippen LogP) is 5.54. The average molecular weight is 460 g/mol. The van der Waals surface area contributed by atoms with Crippen LogP contribution in [0.15, 0.2) is 72.8 Å². The summed E-state index contributed by atoms with van der Waals surface area (Å²) in [5, 5.41) is 9.99. The van der Waals surface area contributed by atoms with Gasteiger partial charge in [-0.05, 0) is 42.2 Å². The first-order valence-corrected chi connectivity index (χ1v) is 12.1. The molecule has 2 heterocycles. The predicted molar refractivity (Wildman–Crippen MR) is 134 cm³/mol. The van der Waals surface area contributed by atoms with Crippen LogP contribution in [0.1, 0.15) is 41.4 Å². The number of hydrogen-bond acceptors (Lipinski definition) is 5. The molecule has 0 aromatic heterocycles. The van der Waals surface area contributed by atoms with Crippen molar-refractivity contribution in [3.63, 3.8) is 0 Å². The largest absolute Gasteiger partial charge is 0.508 e. The Morgan fingerprint density at radius 3 is 2.26 bits per heavy atom. The molecule has 5 rings (SSSR count). The van der Waals surface area contributed by atoms with Gasteiger partial charge in [0, 0.05) is 62.4 Å². The fourth-order valence-electron chi connectivity index (χ4n) is 5.60. The first-order valence-electron chi connectivity index (χ1n) is 12.1. The van der Waals surface area contributed by atoms with Crippen LogP contribution in [0.25, 0.3) is 0 Å². The monoisotopic (exact) mass is 459 g/mol. The highest BCUT2D eigenvalue weighted by Gasteiger charge is 2.34. The maximum Gasteiger partial charge on any atom is 0.159 e. The van der Waals surface area contributed by atoms with E-state index in [4.69, 9.17) is 14.2 Å². The summed E-state index contributed by atoms with van der Waals surface area (Å²) in [6, 6.07) is 25.1. The Kier molecular flexibility index (Phi) is 6.75. The molecule has 0 saturated carbocycles. The first-order chi connectivity index (χ1) is 16.7. The molecule has 0 radical (unpaired) electrons. The molecule has 34 heavy (non-hydrogen) atoms. The van der Waals surface area contributed by atoms with Crippen molar-refractivity contribution in [2.45, 2.75) is 31.0 Å². The summed E-state index contributed by atoms with van der Waals surface area (Å²) in [6.07, 6.45) is 2.00. The third kappa shape index (κ3) is 4.50. The fraction of sp³-hybridized carbons (Fsp3) is 0.379. The van der Waals surface area contributed by atoms with Gasteiger partial charge in [0.05, 0.1) is 6.61 Å². The third-order valence-electron chi connectivity index (χ3n) is 7.39. The normalized spacial score (nSPS) is 20.7.